The number of carbonyl (C=O) groups excluding carboxylic acids is 2. The third-order valence-electron chi connectivity index (χ3n) is 3.07. The second-order valence-electron chi connectivity index (χ2n) is 5.10. The van der Waals surface area contributed by atoms with E-state index in [4.69, 9.17) is 9.26 Å². The third kappa shape index (κ3) is 6.47. The van der Waals surface area contributed by atoms with Crippen LogP contribution < -0.4 is 10.6 Å². The molecule has 1 heterocycles. The Balaban J connectivity index is 1.53. The smallest absolute Gasteiger partial charge is 0.407 e. The van der Waals surface area contributed by atoms with Crippen molar-refractivity contribution in [1.82, 2.24) is 20.8 Å². The quantitative estimate of drug-likeness (QED) is 0.707. The van der Waals surface area contributed by atoms with E-state index in [1.165, 1.54) is 0 Å². The van der Waals surface area contributed by atoms with Crippen LogP contribution in [0.15, 0.2) is 34.9 Å². The number of hydrogen-bond donors (Lipinski definition) is 2. The highest BCUT2D eigenvalue weighted by Crippen LogP contribution is 2.00. The van der Waals surface area contributed by atoms with Crippen LogP contribution in [0, 0.1) is 6.92 Å². The molecule has 0 radical (unpaired) electrons. The van der Waals surface area contributed by atoms with Crippen LogP contribution in [-0.4, -0.2) is 35.2 Å². The predicted molar refractivity (Wildman–Crippen MR) is 85.0 cm³/mol. The van der Waals surface area contributed by atoms with Crippen molar-refractivity contribution in [1.29, 1.82) is 0 Å². The molecule has 0 saturated heterocycles. The number of nitrogens with one attached hydrogen (secondary N) is 2. The molecule has 8 nitrogen and oxygen atoms in total. The average molecular weight is 332 g/mol. The highest BCUT2D eigenvalue weighted by Gasteiger charge is 2.07. The fraction of sp³-hybridized carbons (Fsp3) is 0.375. The maximum atomic E-state index is 11.6. The molecule has 0 aliphatic carbocycles. The number of alkyl carbamates (subject to hydrolysis) is 1. The van der Waals surface area contributed by atoms with E-state index < -0.39 is 6.09 Å². The highest BCUT2D eigenvalue weighted by atomic mass is 16.5. The number of benzene rings is 1. The first-order chi connectivity index (χ1) is 11.6. The van der Waals surface area contributed by atoms with Gasteiger partial charge in [-0.05, 0) is 18.9 Å². The molecule has 2 N–H and O–H groups in total. The van der Waals surface area contributed by atoms with Crippen molar-refractivity contribution in [2.75, 3.05) is 13.1 Å². The molecule has 0 saturated carbocycles. The predicted octanol–water partition coefficient (Wildman–Crippen LogP) is 1.35. The Morgan fingerprint density at radius 3 is 2.71 bits per heavy atom. The fourth-order valence-electron chi connectivity index (χ4n) is 1.90. The standard InChI is InChI=1S/C16H20N4O4/c1-12-19-15(24-20-12)8-5-9-17-14(21)10-18-16(22)23-11-13-6-3-2-4-7-13/h2-4,6-7H,5,8-11H2,1H3,(H,17,21)(H,18,22). The van der Waals surface area contributed by atoms with Crippen molar-refractivity contribution in [3.05, 3.63) is 47.6 Å². The number of rotatable bonds is 8. The fourth-order valence-corrected chi connectivity index (χ4v) is 1.90. The Labute approximate surface area is 139 Å². The number of nitrogens with zero attached hydrogens (tertiary/aromatic N) is 2. The van der Waals surface area contributed by atoms with Crippen LogP contribution in [0.2, 0.25) is 0 Å². The Hall–Kier alpha value is -2.90. The Kier molecular flexibility index (Phi) is 6.75. The van der Waals surface area contributed by atoms with Gasteiger partial charge in [-0.15, -0.1) is 0 Å². The van der Waals surface area contributed by atoms with Crippen LogP contribution in [-0.2, 0) is 22.6 Å². The number of amides is 2. The lowest BCUT2D eigenvalue weighted by molar-refractivity contribution is -0.120. The number of carbonyl (C=O) groups is 2. The summed E-state index contributed by atoms with van der Waals surface area (Å²) in [6.45, 7) is 2.24. The molecule has 0 bridgehead atoms. The zero-order valence-electron chi connectivity index (χ0n) is 13.4. The summed E-state index contributed by atoms with van der Waals surface area (Å²) in [6, 6.07) is 9.31. The normalized spacial score (nSPS) is 10.2. The molecule has 0 unspecified atom stereocenters. The van der Waals surface area contributed by atoms with Crippen molar-refractivity contribution in [2.24, 2.45) is 0 Å². The van der Waals surface area contributed by atoms with E-state index in [-0.39, 0.29) is 19.1 Å². The van der Waals surface area contributed by atoms with Gasteiger partial charge < -0.3 is 19.9 Å². The topological polar surface area (TPSA) is 106 Å². The van der Waals surface area contributed by atoms with Crippen LogP contribution in [0.1, 0.15) is 23.7 Å². The van der Waals surface area contributed by atoms with Crippen molar-refractivity contribution in [3.63, 3.8) is 0 Å². The van der Waals surface area contributed by atoms with Crippen LogP contribution in [0.3, 0.4) is 0 Å². The Morgan fingerprint density at radius 1 is 1.21 bits per heavy atom. The molecule has 0 spiro atoms. The molecule has 2 aromatic rings. The van der Waals surface area contributed by atoms with Gasteiger partial charge in [-0.2, -0.15) is 4.98 Å². The minimum absolute atomic E-state index is 0.132. The van der Waals surface area contributed by atoms with Crippen molar-refractivity contribution in [2.45, 2.75) is 26.4 Å². The molecule has 0 aliphatic rings. The lowest BCUT2D eigenvalue weighted by Crippen LogP contribution is -2.37. The summed E-state index contributed by atoms with van der Waals surface area (Å²) in [4.78, 5) is 27.2. The first kappa shape index (κ1) is 17.5. The summed E-state index contributed by atoms with van der Waals surface area (Å²) >= 11 is 0. The van der Waals surface area contributed by atoms with Gasteiger partial charge in [0, 0.05) is 13.0 Å². The second-order valence-corrected chi connectivity index (χ2v) is 5.10. The summed E-state index contributed by atoms with van der Waals surface area (Å²) in [5, 5.41) is 8.77. The van der Waals surface area contributed by atoms with E-state index in [0.29, 0.717) is 31.1 Å². The average Bonchev–Trinajstić information content (AvgIpc) is 3.01. The van der Waals surface area contributed by atoms with Crippen LogP contribution in [0.4, 0.5) is 4.79 Å². The zero-order chi connectivity index (χ0) is 17.2. The summed E-state index contributed by atoms with van der Waals surface area (Å²) in [7, 11) is 0. The molecule has 8 heteroatoms. The third-order valence-corrected chi connectivity index (χ3v) is 3.07. The molecular formula is C16H20N4O4. The van der Waals surface area contributed by atoms with Gasteiger partial charge in [0.05, 0.1) is 6.54 Å². The number of hydrogen-bond acceptors (Lipinski definition) is 6. The van der Waals surface area contributed by atoms with Crippen molar-refractivity contribution in [3.8, 4) is 0 Å². The van der Waals surface area contributed by atoms with Crippen LogP contribution in [0.5, 0.6) is 0 Å². The van der Waals surface area contributed by atoms with Crippen molar-refractivity contribution < 1.29 is 18.8 Å². The number of aryl methyl sites for hydroxylation is 2. The van der Waals surface area contributed by atoms with Gasteiger partial charge in [0.25, 0.3) is 0 Å². The molecule has 1 aromatic carbocycles. The van der Waals surface area contributed by atoms with Gasteiger partial charge in [0.1, 0.15) is 6.61 Å². The molecule has 0 aliphatic heterocycles. The van der Waals surface area contributed by atoms with E-state index in [0.717, 1.165) is 5.56 Å². The van der Waals surface area contributed by atoms with Gasteiger partial charge in [-0.3, -0.25) is 4.79 Å². The minimum atomic E-state index is -0.629. The number of ether oxygens (including phenoxy) is 1. The minimum Gasteiger partial charge on any atom is -0.445 e. The lowest BCUT2D eigenvalue weighted by Gasteiger charge is -2.07. The molecule has 0 fully saturated rings. The van der Waals surface area contributed by atoms with Crippen LogP contribution >= 0.6 is 0 Å². The molecule has 2 rings (SSSR count). The second kappa shape index (κ2) is 9.29. The number of aromatic nitrogens is 2. The van der Waals surface area contributed by atoms with Gasteiger partial charge in [-0.25, -0.2) is 4.79 Å². The first-order valence-corrected chi connectivity index (χ1v) is 7.64. The van der Waals surface area contributed by atoms with Crippen LogP contribution in [0.25, 0.3) is 0 Å². The zero-order valence-corrected chi connectivity index (χ0v) is 13.4. The molecule has 0 atom stereocenters. The van der Waals surface area contributed by atoms with Gasteiger partial charge in [0.2, 0.25) is 11.8 Å². The highest BCUT2D eigenvalue weighted by molar-refractivity contribution is 5.82. The molecule has 1 aromatic heterocycles. The summed E-state index contributed by atoms with van der Waals surface area (Å²) < 4.78 is 9.97. The van der Waals surface area contributed by atoms with Gasteiger partial charge in [0.15, 0.2) is 5.82 Å². The lowest BCUT2D eigenvalue weighted by atomic mass is 10.2. The van der Waals surface area contributed by atoms with E-state index in [9.17, 15) is 9.59 Å². The summed E-state index contributed by atoms with van der Waals surface area (Å²) in [5.74, 6) is 0.852. The summed E-state index contributed by atoms with van der Waals surface area (Å²) in [5.41, 5.74) is 0.883. The SMILES string of the molecule is Cc1noc(CCCNC(=O)CNC(=O)OCc2ccccc2)n1. The Bertz CT molecular complexity index is 657. The molecular weight excluding hydrogens is 312 g/mol. The molecule has 128 valence electrons. The largest absolute Gasteiger partial charge is 0.445 e. The van der Waals surface area contributed by atoms with E-state index >= 15 is 0 Å². The Morgan fingerprint density at radius 2 is 2.00 bits per heavy atom. The van der Waals surface area contributed by atoms with Gasteiger partial charge >= 0.3 is 6.09 Å². The summed E-state index contributed by atoms with van der Waals surface area (Å²) in [6.07, 6.45) is 0.634. The van der Waals surface area contributed by atoms with Gasteiger partial charge in [-0.1, -0.05) is 35.5 Å². The van der Waals surface area contributed by atoms with E-state index in [1.807, 2.05) is 30.3 Å². The monoisotopic (exact) mass is 332 g/mol. The first-order valence-electron chi connectivity index (χ1n) is 7.64. The van der Waals surface area contributed by atoms with Crippen molar-refractivity contribution >= 4 is 12.0 Å². The maximum Gasteiger partial charge on any atom is 0.407 e. The van der Waals surface area contributed by atoms with E-state index in [1.54, 1.807) is 6.92 Å². The maximum absolute atomic E-state index is 11.6. The van der Waals surface area contributed by atoms with E-state index in [2.05, 4.69) is 20.8 Å². The molecule has 2 amide bonds. The molecule has 24 heavy (non-hydrogen) atoms.